The van der Waals surface area contributed by atoms with Crippen molar-refractivity contribution >= 4 is 27.1 Å². The molecule has 3 rings (SSSR count). The molecule has 0 aromatic heterocycles. The van der Waals surface area contributed by atoms with Gasteiger partial charge in [-0.05, 0) is 42.5 Å². The molecule has 0 amide bonds. The minimum absolute atomic E-state index is 0.127. The maximum absolute atomic E-state index is 13.7. The van der Waals surface area contributed by atoms with Crippen LogP contribution >= 0.6 is 0 Å². The Kier molecular flexibility index (Phi) is 7.01. The number of benzene rings is 2. The molecule has 0 bridgehead atoms. The smallest absolute Gasteiger partial charge is 0.229 e. The van der Waals surface area contributed by atoms with Gasteiger partial charge in [0, 0.05) is 44.1 Å². The number of β-amino-alcohol motifs (C(OH)–C–C–N with tert-alkyl or cyclic N) is 1. The van der Waals surface area contributed by atoms with Crippen LogP contribution in [0.25, 0.3) is 0 Å². The van der Waals surface area contributed by atoms with E-state index in [0.717, 1.165) is 38.1 Å². The van der Waals surface area contributed by atoms with Crippen molar-refractivity contribution in [2.45, 2.75) is 6.10 Å². The summed E-state index contributed by atoms with van der Waals surface area (Å²) < 4.78 is 44.1. The van der Waals surface area contributed by atoms with Gasteiger partial charge in [0.1, 0.15) is 24.3 Å². The van der Waals surface area contributed by atoms with E-state index in [-0.39, 0.29) is 12.3 Å². The predicted molar refractivity (Wildman–Crippen MR) is 116 cm³/mol. The molecule has 8 nitrogen and oxygen atoms in total. The second-order valence-corrected chi connectivity index (χ2v) is 9.11. The first kappa shape index (κ1) is 22.1. The van der Waals surface area contributed by atoms with Crippen LogP contribution in [-0.2, 0) is 10.0 Å². The minimum atomic E-state index is -3.32. The van der Waals surface area contributed by atoms with E-state index in [1.54, 1.807) is 30.3 Å². The molecule has 0 saturated carbocycles. The van der Waals surface area contributed by atoms with E-state index in [2.05, 4.69) is 14.5 Å². The number of nitrogens with one attached hydrogen (secondary N) is 1. The normalized spacial score (nSPS) is 16.3. The topological polar surface area (TPSA) is 108 Å². The van der Waals surface area contributed by atoms with Gasteiger partial charge in [-0.15, -0.1) is 0 Å². The van der Waals surface area contributed by atoms with Gasteiger partial charge in [-0.1, -0.05) is 0 Å². The Morgan fingerprint density at radius 1 is 1.17 bits per heavy atom. The summed E-state index contributed by atoms with van der Waals surface area (Å²) in [6.45, 7) is 3.54. The van der Waals surface area contributed by atoms with Crippen LogP contribution in [0.5, 0.6) is 5.75 Å². The number of halogens is 1. The van der Waals surface area contributed by atoms with E-state index in [1.807, 2.05) is 6.07 Å². The van der Waals surface area contributed by atoms with E-state index in [0.29, 0.717) is 18.0 Å². The van der Waals surface area contributed by atoms with Gasteiger partial charge in [-0.25, -0.2) is 12.8 Å². The number of piperazine rings is 1. The number of aliphatic hydroxyl groups is 1. The summed E-state index contributed by atoms with van der Waals surface area (Å²) >= 11 is 0. The van der Waals surface area contributed by atoms with Crippen LogP contribution < -0.4 is 20.1 Å². The van der Waals surface area contributed by atoms with Gasteiger partial charge in [0.25, 0.3) is 0 Å². The maximum atomic E-state index is 13.7. The number of aliphatic hydroxyl groups excluding tert-OH is 1. The number of ether oxygens (including phenoxy) is 1. The highest BCUT2D eigenvalue weighted by atomic mass is 32.2. The van der Waals surface area contributed by atoms with E-state index >= 15 is 0 Å². The lowest BCUT2D eigenvalue weighted by Crippen LogP contribution is -2.49. The van der Waals surface area contributed by atoms with Gasteiger partial charge in [0.15, 0.2) is 0 Å². The third kappa shape index (κ3) is 6.48. The highest BCUT2D eigenvalue weighted by molar-refractivity contribution is 7.92. The number of nitrogen functional groups attached to an aromatic ring is 1. The molecule has 164 valence electrons. The highest BCUT2D eigenvalue weighted by Gasteiger charge is 2.20. The molecule has 2 aromatic carbocycles. The molecule has 4 N–H and O–H groups in total. The number of nitrogens with two attached hydrogens (primary N) is 1. The number of anilines is 3. The lowest BCUT2D eigenvalue weighted by molar-refractivity contribution is 0.0663. The second-order valence-electron chi connectivity index (χ2n) is 7.36. The Bertz CT molecular complexity index is 948. The van der Waals surface area contributed by atoms with Crippen molar-refractivity contribution in [1.82, 2.24) is 4.90 Å². The second kappa shape index (κ2) is 9.50. The van der Waals surface area contributed by atoms with Crippen molar-refractivity contribution in [3.63, 3.8) is 0 Å². The fourth-order valence-electron chi connectivity index (χ4n) is 3.28. The minimum Gasteiger partial charge on any atom is -0.491 e. The lowest BCUT2D eigenvalue weighted by atomic mass is 10.2. The van der Waals surface area contributed by atoms with Gasteiger partial charge < -0.3 is 20.5 Å². The Labute approximate surface area is 176 Å². The SMILES string of the molecule is CS(=O)(=O)Nc1ccc(OC[C@@H](O)CN2CCN(c3ccc(N)c(F)c3)CC2)cc1. The number of hydrogen-bond donors (Lipinski definition) is 3. The predicted octanol–water partition coefficient (Wildman–Crippen LogP) is 1.34. The highest BCUT2D eigenvalue weighted by Crippen LogP contribution is 2.21. The van der Waals surface area contributed by atoms with Crippen LogP contribution in [0.3, 0.4) is 0 Å². The van der Waals surface area contributed by atoms with Gasteiger partial charge in [0.05, 0.1) is 11.9 Å². The van der Waals surface area contributed by atoms with Crippen molar-refractivity contribution in [3.05, 3.63) is 48.3 Å². The Morgan fingerprint density at radius 3 is 2.43 bits per heavy atom. The molecule has 1 atom stereocenters. The zero-order valence-corrected chi connectivity index (χ0v) is 17.6. The molecule has 0 spiro atoms. The van der Waals surface area contributed by atoms with Crippen LogP contribution in [0, 0.1) is 5.82 Å². The largest absolute Gasteiger partial charge is 0.491 e. The fraction of sp³-hybridized carbons (Fsp3) is 0.400. The summed E-state index contributed by atoms with van der Waals surface area (Å²) in [5.74, 6) is 0.130. The van der Waals surface area contributed by atoms with Crippen LogP contribution in [0.4, 0.5) is 21.5 Å². The third-order valence-electron chi connectivity index (χ3n) is 4.79. The van der Waals surface area contributed by atoms with Crippen molar-refractivity contribution in [2.24, 2.45) is 0 Å². The first-order valence-corrected chi connectivity index (χ1v) is 11.5. The zero-order valence-electron chi connectivity index (χ0n) is 16.8. The maximum Gasteiger partial charge on any atom is 0.229 e. The average molecular weight is 439 g/mol. The molecule has 10 heteroatoms. The Hall–Kier alpha value is -2.56. The molecule has 2 aromatic rings. The fourth-order valence-corrected chi connectivity index (χ4v) is 3.84. The average Bonchev–Trinajstić information content (AvgIpc) is 2.69. The van der Waals surface area contributed by atoms with Gasteiger partial charge >= 0.3 is 0 Å². The monoisotopic (exact) mass is 438 g/mol. The Morgan fingerprint density at radius 2 is 1.83 bits per heavy atom. The first-order chi connectivity index (χ1) is 14.2. The summed E-state index contributed by atoms with van der Waals surface area (Å²) in [6.07, 6.45) is 0.418. The van der Waals surface area contributed by atoms with Crippen molar-refractivity contribution < 1.29 is 22.7 Å². The van der Waals surface area contributed by atoms with Crippen molar-refractivity contribution in [3.8, 4) is 5.75 Å². The molecule has 1 heterocycles. The van der Waals surface area contributed by atoms with Crippen LogP contribution in [0.1, 0.15) is 0 Å². The molecule has 1 saturated heterocycles. The molecular weight excluding hydrogens is 411 g/mol. The number of nitrogens with zero attached hydrogens (tertiary/aromatic N) is 2. The van der Waals surface area contributed by atoms with Gasteiger partial charge in [0.2, 0.25) is 10.0 Å². The standard InChI is InChI=1S/C20H27FN4O4S/c1-30(27,28)23-15-2-5-18(6-3-15)29-14-17(26)13-24-8-10-25(11-9-24)16-4-7-20(22)19(21)12-16/h2-7,12,17,23,26H,8-11,13-14,22H2,1H3/t17-/m0/s1. The van der Waals surface area contributed by atoms with Crippen LogP contribution in [0.2, 0.25) is 0 Å². The number of hydrogen-bond acceptors (Lipinski definition) is 7. The van der Waals surface area contributed by atoms with Crippen LogP contribution in [-0.4, -0.2) is 70.1 Å². The summed E-state index contributed by atoms with van der Waals surface area (Å²) in [4.78, 5) is 4.23. The lowest BCUT2D eigenvalue weighted by Gasteiger charge is -2.36. The molecule has 1 aliphatic rings. The summed E-state index contributed by atoms with van der Waals surface area (Å²) in [7, 11) is -3.32. The van der Waals surface area contributed by atoms with E-state index < -0.39 is 21.9 Å². The summed E-state index contributed by atoms with van der Waals surface area (Å²) in [5, 5.41) is 10.3. The number of rotatable bonds is 8. The summed E-state index contributed by atoms with van der Waals surface area (Å²) in [6, 6.07) is 11.3. The van der Waals surface area contributed by atoms with Gasteiger partial charge in [-0.2, -0.15) is 0 Å². The molecule has 0 unspecified atom stereocenters. The van der Waals surface area contributed by atoms with E-state index in [4.69, 9.17) is 10.5 Å². The molecule has 0 radical (unpaired) electrons. The van der Waals surface area contributed by atoms with E-state index in [9.17, 15) is 17.9 Å². The zero-order chi connectivity index (χ0) is 21.7. The molecule has 0 aliphatic carbocycles. The number of sulfonamides is 1. The van der Waals surface area contributed by atoms with Crippen LogP contribution in [0.15, 0.2) is 42.5 Å². The first-order valence-electron chi connectivity index (χ1n) is 9.61. The van der Waals surface area contributed by atoms with Crippen molar-refractivity contribution in [1.29, 1.82) is 0 Å². The van der Waals surface area contributed by atoms with Gasteiger partial charge in [-0.3, -0.25) is 9.62 Å². The van der Waals surface area contributed by atoms with Crippen molar-refractivity contribution in [2.75, 3.05) is 60.9 Å². The third-order valence-corrected chi connectivity index (χ3v) is 5.40. The quantitative estimate of drug-likeness (QED) is 0.534. The molecular formula is C20H27FN4O4S. The molecule has 1 aliphatic heterocycles. The molecule has 30 heavy (non-hydrogen) atoms. The van der Waals surface area contributed by atoms with E-state index in [1.165, 1.54) is 6.07 Å². The summed E-state index contributed by atoms with van der Waals surface area (Å²) in [5.41, 5.74) is 6.92. The molecule has 1 fully saturated rings. The Balaban J connectivity index is 1.41.